The first-order chi connectivity index (χ1) is 7.33. The van der Waals surface area contributed by atoms with Crippen LogP contribution in [0.3, 0.4) is 0 Å². The van der Waals surface area contributed by atoms with Gasteiger partial charge in [0.25, 0.3) is 10.1 Å². The molecule has 0 aromatic carbocycles. The van der Waals surface area contributed by atoms with E-state index in [1.807, 2.05) is 13.8 Å². The summed E-state index contributed by atoms with van der Waals surface area (Å²) < 4.78 is 30.8. The SMILES string of the molecule is CCC1(C)C(CC=O)CCC1CS(=O)(=O)O. The summed E-state index contributed by atoms with van der Waals surface area (Å²) in [5.41, 5.74) is -0.142. The van der Waals surface area contributed by atoms with E-state index in [1.165, 1.54) is 0 Å². The molecule has 1 aliphatic rings. The molecule has 94 valence electrons. The van der Waals surface area contributed by atoms with E-state index < -0.39 is 10.1 Å². The highest BCUT2D eigenvalue weighted by atomic mass is 32.2. The predicted octanol–water partition coefficient (Wildman–Crippen LogP) is 1.91. The van der Waals surface area contributed by atoms with E-state index in [1.54, 1.807) is 0 Å². The van der Waals surface area contributed by atoms with Gasteiger partial charge in [-0.15, -0.1) is 0 Å². The Labute approximate surface area is 97.2 Å². The molecule has 4 nitrogen and oxygen atoms in total. The van der Waals surface area contributed by atoms with Crippen LogP contribution in [0.2, 0.25) is 0 Å². The molecule has 0 radical (unpaired) electrons. The van der Waals surface area contributed by atoms with Gasteiger partial charge in [-0.25, -0.2) is 0 Å². The molecule has 16 heavy (non-hydrogen) atoms. The summed E-state index contributed by atoms with van der Waals surface area (Å²) in [5.74, 6) is 0.0476. The zero-order valence-corrected chi connectivity index (χ0v) is 10.7. The van der Waals surface area contributed by atoms with Crippen LogP contribution in [-0.4, -0.2) is 25.0 Å². The highest BCUT2D eigenvalue weighted by Crippen LogP contribution is 2.51. The van der Waals surface area contributed by atoms with E-state index >= 15 is 0 Å². The molecule has 0 spiro atoms. The second kappa shape index (κ2) is 4.84. The molecule has 0 aromatic heterocycles. The first kappa shape index (κ1) is 13.6. The average Bonchev–Trinajstić information content (AvgIpc) is 2.45. The minimum atomic E-state index is -3.92. The third-order valence-electron chi connectivity index (χ3n) is 4.28. The van der Waals surface area contributed by atoms with Crippen LogP contribution >= 0.6 is 0 Å². The average molecular weight is 248 g/mol. The van der Waals surface area contributed by atoms with Gasteiger partial charge >= 0.3 is 0 Å². The summed E-state index contributed by atoms with van der Waals surface area (Å²) in [7, 11) is -3.92. The quantitative estimate of drug-likeness (QED) is 0.596. The second-order valence-electron chi connectivity index (χ2n) is 4.98. The van der Waals surface area contributed by atoms with E-state index in [-0.39, 0.29) is 23.0 Å². The lowest BCUT2D eigenvalue weighted by atomic mass is 9.71. The molecule has 0 aromatic rings. The highest BCUT2D eigenvalue weighted by molar-refractivity contribution is 7.85. The van der Waals surface area contributed by atoms with Gasteiger partial charge in [-0.05, 0) is 30.1 Å². The second-order valence-corrected chi connectivity index (χ2v) is 6.48. The first-order valence-corrected chi connectivity index (χ1v) is 7.33. The van der Waals surface area contributed by atoms with Crippen molar-refractivity contribution >= 4 is 16.4 Å². The van der Waals surface area contributed by atoms with Crippen LogP contribution in [-0.2, 0) is 14.9 Å². The molecular weight excluding hydrogens is 228 g/mol. The minimum Gasteiger partial charge on any atom is -0.303 e. The van der Waals surface area contributed by atoms with Gasteiger partial charge in [-0.3, -0.25) is 4.55 Å². The van der Waals surface area contributed by atoms with Crippen LogP contribution in [0.5, 0.6) is 0 Å². The van der Waals surface area contributed by atoms with Crippen molar-refractivity contribution < 1.29 is 17.8 Å². The zero-order valence-electron chi connectivity index (χ0n) is 9.85. The maximum atomic E-state index is 10.9. The van der Waals surface area contributed by atoms with Crippen LogP contribution in [0.1, 0.15) is 39.5 Å². The topological polar surface area (TPSA) is 71.4 Å². The Morgan fingerprint density at radius 3 is 2.38 bits per heavy atom. The summed E-state index contributed by atoms with van der Waals surface area (Å²) in [4.78, 5) is 10.6. The number of carbonyl (C=O) groups is 1. The molecule has 0 bridgehead atoms. The van der Waals surface area contributed by atoms with Gasteiger partial charge in [0.1, 0.15) is 6.29 Å². The van der Waals surface area contributed by atoms with E-state index in [2.05, 4.69) is 0 Å². The monoisotopic (exact) mass is 248 g/mol. The maximum Gasteiger partial charge on any atom is 0.265 e. The fraction of sp³-hybridized carbons (Fsp3) is 0.909. The third kappa shape index (κ3) is 2.83. The molecule has 1 N–H and O–H groups in total. The zero-order chi connectivity index (χ0) is 12.4. The predicted molar refractivity (Wildman–Crippen MR) is 61.7 cm³/mol. The van der Waals surface area contributed by atoms with Crippen LogP contribution in [0.15, 0.2) is 0 Å². The fourth-order valence-electron chi connectivity index (χ4n) is 3.00. The molecule has 5 heteroatoms. The van der Waals surface area contributed by atoms with Crippen LogP contribution in [0, 0.1) is 17.3 Å². The normalized spacial score (nSPS) is 35.2. The lowest BCUT2D eigenvalue weighted by Crippen LogP contribution is -2.32. The van der Waals surface area contributed by atoms with Crippen molar-refractivity contribution in [1.29, 1.82) is 0 Å². The first-order valence-electron chi connectivity index (χ1n) is 5.72. The number of aldehydes is 1. The Bertz CT molecular complexity index is 349. The van der Waals surface area contributed by atoms with Crippen molar-refractivity contribution in [3.8, 4) is 0 Å². The van der Waals surface area contributed by atoms with Gasteiger partial charge in [0, 0.05) is 6.42 Å². The number of carbonyl (C=O) groups excluding carboxylic acids is 1. The molecule has 0 amide bonds. The maximum absolute atomic E-state index is 10.9. The standard InChI is InChI=1S/C11H20O4S/c1-3-11(2)9(6-7-12)4-5-10(11)8-16(13,14)15/h7,9-10H,3-6,8H2,1-2H3,(H,13,14,15). The van der Waals surface area contributed by atoms with E-state index in [9.17, 15) is 13.2 Å². The van der Waals surface area contributed by atoms with Crippen molar-refractivity contribution in [2.75, 3.05) is 5.75 Å². The Kier molecular flexibility index (Phi) is 4.12. The molecule has 0 aliphatic heterocycles. The summed E-state index contributed by atoms with van der Waals surface area (Å²) >= 11 is 0. The van der Waals surface area contributed by atoms with Gasteiger partial charge in [0.05, 0.1) is 5.75 Å². The Morgan fingerprint density at radius 1 is 1.38 bits per heavy atom. The largest absolute Gasteiger partial charge is 0.303 e. The fourth-order valence-corrected chi connectivity index (χ4v) is 4.06. The smallest absolute Gasteiger partial charge is 0.265 e. The van der Waals surface area contributed by atoms with Gasteiger partial charge in [-0.1, -0.05) is 20.3 Å². The summed E-state index contributed by atoms with van der Waals surface area (Å²) in [6.45, 7) is 4.05. The number of rotatable bonds is 5. The van der Waals surface area contributed by atoms with Crippen molar-refractivity contribution in [2.24, 2.45) is 17.3 Å². The number of hydrogen-bond donors (Lipinski definition) is 1. The summed E-state index contributed by atoms with van der Waals surface area (Å²) in [6, 6.07) is 0. The van der Waals surface area contributed by atoms with Gasteiger partial charge in [-0.2, -0.15) is 8.42 Å². The summed E-state index contributed by atoms with van der Waals surface area (Å²) in [6.07, 6.45) is 3.90. The minimum absolute atomic E-state index is 0.0301. The molecule has 3 unspecified atom stereocenters. The summed E-state index contributed by atoms with van der Waals surface area (Å²) in [5, 5.41) is 0. The highest BCUT2D eigenvalue weighted by Gasteiger charge is 2.46. The third-order valence-corrected chi connectivity index (χ3v) is 5.11. The lowest BCUT2D eigenvalue weighted by Gasteiger charge is -2.35. The molecule has 0 saturated heterocycles. The molecule has 1 aliphatic carbocycles. The molecule has 1 fully saturated rings. The van der Waals surface area contributed by atoms with E-state index in [4.69, 9.17) is 4.55 Å². The molecule has 0 heterocycles. The van der Waals surface area contributed by atoms with Crippen molar-refractivity contribution in [3.05, 3.63) is 0 Å². The molecule has 3 atom stereocenters. The van der Waals surface area contributed by atoms with Crippen molar-refractivity contribution in [3.63, 3.8) is 0 Å². The lowest BCUT2D eigenvalue weighted by molar-refractivity contribution is -0.109. The number of hydrogen-bond acceptors (Lipinski definition) is 3. The van der Waals surface area contributed by atoms with Crippen molar-refractivity contribution in [2.45, 2.75) is 39.5 Å². The molecule has 1 saturated carbocycles. The van der Waals surface area contributed by atoms with E-state index in [0.29, 0.717) is 6.42 Å². The van der Waals surface area contributed by atoms with Gasteiger partial charge in [0.2, 0.25) is 0 Å². The van der Waals surface area contributed by atoms with Gasteiger partial charge in [0.15, 0.2) is 0 Å². The van der Waals surface area contributed by atoms with E-state index in [0.717, 1.165) is 25.5 Å². The Morgan fingerprint density at radius 2 is 1.94 bits per heavy atom. The Balaban J connectivity index is 2.84. The van der Waals surface area contributed by atoms with Crippen molar-refractivity contribution in [1.82, 2.24) is 0 Å². The van der Waals surface area contributed by atoms with Gasteiger partial charge < -0.3 is 4.79 Å². The Hall–Kier alpha value is -0.420. The van der Waals surface area contributed by atoms with Crippen LogP contribution in [0.4, 0.5) is 0 Å². The molecular formula is C11H20O4S. The van der Waals surface area contributed by atoms with Crippen LogP contribution in [0.25, 0.3) is 0 Å². The molecule has 1 rings (SSSR count). The van der Waals surface area contributed by atoms with Crippen LogP contribution < -0.4 is 0 Å².